The monoisotopic (exact) mass is 220 g/mol. The molecule has 0 aliphatic carbocycles. The first-order valence-corrected chi connectivity index (χ1v) is 4.88. The highest BCUT2D eigenvalue weighted by Crippen LogP contribution is 2.13. The fourth-order valence-corrected chi connectivity index (χ4v) is 1.22. The van der Waals surface area contributed by atoms with Crippen LogP contribution in [0.2, 0.25) is 0 Å². The zero-order valence-corrected chi connectivity index (χ0v) is 9.11. The van der Waals surface area contributed by atoms with Gasteiger partial charge in [-0.25, -0.2) is 0 Å². The van der Waals surface area contributed by atoms with Gasteiger partial charge in [0.05, 0.1) is 6.07 Å². The van der Waals surface area contributed by atoms with Crippen LogP contribution >= 0.6 is 0 Å². The molecule has 0 unspecified atom stereocenters. The zero-order chi connectivity index (χ0) is 12.1. The minimum absolute atomic E-state index is 0.0481. The second kappa shape index (κ2) is 5.12. The van der Waals surface area contributed by atoms with Gasteiger partial charge in [0.25, 0.3) is 0 Å². The van der Waals surface area contributed by atoms with Gasteiger partial charge in [-0.1, -0.05) is 6.92 Å². The zero-order valence-electron chi connectivity index (χ0n) is 9.11. The summed E-state index contributed by atoms with van der Waals surface area (Å²) in [6, 6.07) is 4.80. The molecule has 0 fully saturated rings. The molecule has 1 rings (SSSR count). The molecule has 1 aromatic rings. The number of hydrogen-bond acceptors (Lipinski definition) is 4. The standard InChI is InChI=1S/C11H12N2O3/c1-3-7-4-5-9(16-7)10(14)8(6-12)11(15)13-2/h4-5,8H,3H2,1-2H3,(H,13,15)/t8-/m0/s1. The Bertz CT molecular complexity index is 442. The molecule has 0 radical (unpaired) electrons. The molecule has 5 nitrogen and oxygen atoms in total. The first kappa shape index (κ1) is 12.0. The van der Waals surface area contributed by atoms with Crippen molar-refractivity contribution in [3.8, 4) is 6.07 Å². The molecule has 1 amide bonds. The second-order valence-corrected chi connectivity index (χ2v) is 3.16. The number of nitriles is 1. The largest absolute Gasteiger partial charge is 0.458 e. The van der Waals surface area contributed by atoms with Gasteiger partial charge in [0.15, 0.2) is 11.7 Å². The SMILES string of the molecule is CCc1ccc(C(=O)[C@H](C#N)C(=O)NC)o1. The molecule has 0 aliphatic rings. The van der Waals surface area contributed by atoms with Crippen molar-refractivity contribution in [2.24, 2.45) is 5.92 Å². The van der Waals surface area contributed by atoms with Crippen LogP contribution in [0.5, 0.6) is 0 Å². The normalized spacial score (nSPS) is 11.6. The molecule has 1 atom stereocenters. The van der Waals surface area contributed by atoms with Crippen LogP contribution in [0.3, 0.4) is 0 Å². The van der Waals surface area contributed by atoms with E-state index in [9.17, 15) is 9.59 Å². The van der Waals surface area contributed by atoms with E-state index in [1.54, 1.807) is 12.1 Å². The van der Waals surface area contributed by atoms with E-state index < -0.39 is 17.6 Å². The quantitative estimate of drug-likeness (QED) is 0.603. The third-order valence-corrected chi connectivity index (χ3v) is 2.15. The first-order valence-electron chi connectivity index (χ1n) is 4.88. The van der Waals surface area contributed by atoms with Gasteiger partial charge < -0.3 is 9.73 Å². The van der Waals surface area contributed by atoms with Gasteiger partial charge in [-0.05, 0) is 12.1 Å². The van der Waals surface area contributed by atoms with Crippen LogP contribution in [0.25, 0.3) is 0 Å². The predicted molar refractivity (Wildman–Crippen MR) is 55.6 cm³/mol. The number of aryl methyl sites for hydroxylation is 1. The highest BCUT2D eigenvalue weighted by Gasteiger charge is 2.28. The summed E-state index contributed by atoms with van der Waals surface area (Å²) in [6.45, 7) is 1.88. The summed E-state index contributed by atoms with van der Waals surface area (Å²) < 4.78 is 5.19. The summed E-state index contributed by atoms with van der Waals surface area (Å²) in [4.78, 5) is 23.0. The Kier molecular flexibility index (Phi) is 3.84. The van der Waals surface area contributed by atoms with Crippen LogP contribution in [-0.2, 0) is 11.2 Å². The van der Waals surface area contributed by atoms with Crippen molar-refractivity contribution < 1.29 is 14.0 Å². The van der Waals surface area contributed by atoms with Crippen LogP contribution in [0.15, 0.2) is 16.5 Å². The summed E-state index contributed by atoms with van der Waals surface area (Å²) in [5.41, 5.74) is 0. The molecule has 1 heterocycles. The molecule has 5 heteroatoms. The van der Waals surface area contributed by atoms with E-state index in [0.717, 1.165) is 0 Å². The number of nitrogens with one attached hydrogen (secondary N) is 1. The maximum absolute atomic E-state index is 11.7. The van der Waals surface area contributed by atoms with Gasteiger partial charge in [-0.2, -0.15) is 5.26 Å². The minimum Gasteiger partial charge on any atom is -0.458 e. The molecule has 16 heavy (non-hydrogen) atoms. The third-order valence-electron chi connectivity index (χ3n) is 2.15. The lowest BCUT2D eigenvalue weighted by molar-refractivity contribution is -0.121. The molecule has 0 aromatic carbocycles. The molecule has 0 saturated carbocycles. The molecule has 0 aliphatic heterocycles. The number of ketones is 1. The molecule has 0 spiro atoms. The average Bonchev–Trinajstić information content (AvgIpc) is 2.78. The topological polar surface area (TPSA) is 83.1 Å². The maximum Gasteiger partial charge on any atom is 0.245 e. The lowest BCUT2D eigenvalue weighted by Crippen LogP contribution is -2.31. The van der Waals surface area contributed by atoms with Gasteiger partial charge in [0.1, 0.15) is 5.76 Å². The third kappa shape index (κ3) is 2.28. The van der Waals surface area contributed by atoms with Crippen molar-refractivity contribution in [1.82, 2.24) is 5.32 Å². The Labute approximate surface area is 93.0 Å². The predicted octanol–water partition coefficient (Wildman–Crippen LogP) is 0.910. The van der Waals surface area contributed by atoms with Gasteiger partial charge in [0, 0.05) is 13.5 Å². The van der Waals surface area contributed by atoms with Crippen LogP contribution in [-0.4, -0.2) is 18.7 Å². The highest BCUT2D eigenvalue weighted by atomic mass is 16.3. The summed E-state index contributed by atoms with van der Waals surface area (Å²) in [5, 5.41) is 11.0. The van der Waals surface area contributed by atoms with Crippen LogP contribution in [0.1, 0.15) is 23.2 Å². The Morgan fingerprint density at radius 3 is 2.69 bits per heavy atom. The van der Waals surface area contributed by atoms with Crippen molar-refractivity contribution >= 4 is 11.7 Å². The van der Waals surface area contributed by atoms with E-state index in [2.05, 4.69) is 5.32 Å². The van der Waals surface area contributed by atoms with E-state index in [4.69, 9.17) is 9.68 Å². The molecule has 1 aromatic heterocycles. The van der Waals surface area contributed by atoms with E-state index >= 15 is 0 Å². The molecule has 84 valence electrons. The Morgan fingerprint density at radius 2 is 2.25 bits per heavy atom. The molecular weight excluding hydrogens is 208 g/mol. The van der Waals surface area contributed by atoms with Crippen molar-refractivity contribution in [1.29, 1.82) is 5.26 Å². The smallest absolute Gasteiger partial charge is 0.245 e. The number of carbonyl (C=O) groups is 2. The molecule has 0 bridgehead atoms. The fraction of sp³-hybridized carbons (Fsp3) is 0.364. The molecule has 1 N–H and O–H groups in total. The van der Waals surface area contributed by atoms with Crippen molar-refractivity contribution in [3.63, 3.8) is 0 Å². The summed E-state index contributed by atoms with van der Waals surface area (Å²) >= 11 is 0. The van der Waals surface area contributed by atoms with E-state index in [-0.39, 0.29) is 5.76 Å². The van der Waals surface area contributed by atoms with E-state index in [1.165, 1.54) is 13.1 Å². The van der Waals surface area contributed by atoms with Crippen LogP contribution < -0.4 is 5.32 Å². The highest BCUT2D eigenvalue weighted by molar-refractivity contribution is 6.10. The summed E-state index contributed by atoms with van der Waals surface area (Å²) in [5.74, 6) is -1.88. The van der Waals surface area contributed by atoms with Gasteiger partial charge >= 0.3 is 0 Å². The van der Waals surface area contributed by atoms with Crippen molar-refractivity contribution in [3.05, 3.63) is 23.7 Å². The number of nitrogens with zero attached hydrogens (tertiary/aromatic N) is 1. The van der Waals surface area contributed by atoms with E-state index in [1.807, 2.05) is 6.92 Å². The summed E-state index contributed by atoms with van der Waals surface area (Å²) in [6.07, 6.45) is 0.657. The van der Waals surface area contributed by atoms with Crippen LogP contribution in [0.4, 0.5) is 0 Å². The average molecular weight is 220 g/mol. The lowest BCUT2D eigenvalue weighted by Gasteiger charge is -2.03. The Hall–Kier alpha value is -2.09. The fourth-order valence-electron chi connectivity index (χ4n) is 1.22. The lowest BCUT2D eigenvalue weighted by atomic mass is 10.0. The Balaban J connectivity index is 2.92. The maximum atomic E-state index is 11.7. The van der Waals surface area contributed by atoms with Gasteiger partial charge in [0.2, 0.25) is 11.7 Å². The number of hydrogen-bond donors (Lipinski definition) is 1. The van der Waals surface area contributed by atoms with Gasteiger partial charge in [-0.3, -0.25) is 9.59 Å². The van der Waals surface area contributed by atoms with Crippen LogP contribution in [0, 0.1) is 17.2 Å². The number of furan rings is 1. The second-order valence-electron chi connectivity index (χ2n) is 3.16. The number of Topliss-reactive ketones (excluding diaryl/α,β-unsaturated/α-hetero) is 1. The molecule has 0 saturated heterocycles. The van der Waals surface area contributed by atoms with Gasteiger partial charge in [-0.15, -0.1) is 0 Å². The number of amides is 1. The Morgan fingerprint density at radius 1 is 1.56 bits per heavy atom. The summed E-state index contributed by atoms with van der Waals surface area (Å²) in [7, 11) is 1.37. The van der Waals surface area contributed by atoms with Crippen molar-refractivity contribution in [2.75, 3.05) is 7.05 Å². The van der Waals surface area contributed by atoms with Crippen molar-refractivity contribution in [2.45, 2.75) is 13.3 Å². The minimum atomic E-state index is -1.35. The number of rotatable bonds is 4. The molecular formula is C11H12N2O3. The number of carbonyl (C=O) groups excluding carboxylic acids is 2. The first-order chi connectivity index (χ1) is 7.63. The van der Waals surface area contributed by atoms with E-state index in [0.29, 0.717) is 12.2 Å².